The highest BCUT2D eigenvalue weighted by atomic mass is 16.7. The number of ether oxygens (including phenoxy) is 10. The van der Waals surface area contributed by atoms with E-state index in [1.54, 1.807) is 95.2 Å². The lowest BCUT2D eigenvalue weighted by Gasteiger charge is -2.21. The predicted molar refractivity (Wildman–Crippen MR) is 286 cm³/mol. The van der Waals surface area contributed by atoms with Gasteiger partial charge in [0.2, 0.25) is 0 Å². The maximum Gasteiger partial charge on any atom is 0.343 e. The molecule has 0 N–H and O–H groups in total. The van der Waals surface area contributed by atoms with Gasteiger partial charge in [-0.25, -0.2) is 9.59 Å². The molecule has 0 saturated heterocycles. The van der Waals surface area contributed by atoms with Crippen molar-refractivity contribution >= 4 is 11.9 Å². The molecule has 0 unspecified atom stereocenters. The summed E-state index contributed by atoms with van der Waals surface area (Å²) in [5, 5.41) is 0. The summed E-state index contributed by atoms with van der Waals surface area (Å²) < 4.78 is 60.7. The molecule has 8 aromatic carbocycles. The average Bonchev–Trinajstić information content (AvgIpc) is 3.43. The standard InChI is InChI=1S/C63H60O12/c1-43-30-55(71-40-44-18-10-6-11-19-44)35-49(59(43)67-3)32-52-38-57(75-63(65)47-24-16-9-17-25-47)39-53(61(52)69-5)33-51-37-56(72-41-45-20-12-7-13-21-45)36-50(60(51)68-4)31-48-34-54(74-62(64)46-22-14-8-15-23-46)26-27-58(48)73-42-70-29-28-66-2/h6-27,30,34-39H,28-29,31-33,40-42H2,1-5H3. The van der Waals surface area contributed by atoms with Crippen molar-refractivity contribution in [2.24, 2.45) is 0 Å². The van der Waals surface area contributed by atoms with Gasteiger partial charge in [0, 0.05) is 59.8 Å². The molecule has 0 fully saturated rings. The fourth-order valence-corrected chi connectivity index (χ4v) is 8.74. The topological polar surface area (TPSA) is 126 Å². The first-order valence-corrected chi connectivity index (χ1v) is 24.5. The van der Waals surface area contributed by atoms with Gasteiger partial charge in [-0.05, 0) is 102 Å². The number of benzene rings is 8. The average molecular weight is 1010 g/mol. The number of aryl methyl sites for hydroxylation is 1. The van der Waals surface area contributed by atoms with Crippen LogP contribution < -0.4 is 37.9 Å². The number of carbonyl (C=O) groups is 2. The van der Waals surface area contributed by atoms with E-state index in [4.69, 9.17) is 47.4 Å². The van der Waals surface area contributed by atoms with Gasteiger partial charge >= 0.3 is 11.9 Å². The van der Waals surface area contributed by atoms with Crippen LogP contribution in [0.25, 0.3) is 0 Å². The van der Waals surface area contributed by atoms with Crippen LogP contribution in [-0.2, 0) is 41.9 Å². The Kier molecular flexibility index (Phi) is 18.6. The van der Waals surface area contributed by atoms with Crippen LogP contribution >= 0.6 is 0 Å². The molecule has 0 spiro atoms. The van der Waals surface area contributed by atoms with Crippen molar-refractivity contribution in [3.63, 3.8) is 0 Å². The van der Waals surface area contributed by atoms with E-state index in [2.05, 4.69) is 0 Å². The Labute approximate surface area is 438 Å². The van der Waals surface area contributed by atoms with Gasteiger partial charge in [-0.1, -0.05) is 97.1 Å². The summed E-state index contributed by atoms with van der Waals surface area (Å²) in [5.74, 6) is 3.19. The molecule has 0 heterocycles. The molecule has 12 heteroatoms. The summed E-state index contributed by atoms with van der Waals surface area (Å²) in [7, 11) is 6.49. The Hall–Kier alpha value is -8.58. The summed E-state index contributed by atoms with van der Waals surface area (Å²) in [4.78, 5) is 27.0. The van der Waals surface area contributed by atoms with Gasteiger partial charge in [-0.2, -0.15) is 0 Å². The van der Waals surface area contributed by atoms with Crippen LogP contribution in [0.1, 0.15) is 70.8 Å². The Morgan fingerprint density at radius 3 is 1.29 bits per heavy atom. The molecule has 0 radical (unpaired) electrons. The SMILES string of the molecule is COCCOCOc1ccc(OC(=O)c2ccccc2)cc1Cc1cc(OCc2ccccc2)cc(Cc2cc(OC(=O)c3ccccc3)cc(Cc3cc(OCc4ccccc4)cc(C)c3OC)c2OC)c1OC. The van der Waals surface area contributed by atoms with Crippen LogP contribution in [0.4, 0.5) is 0 Å². The molecule has 0 atom stereocenters. The summed E-state index contributed by atoms with van der Waals surface area (Å²) in [6.45, 7) is 3.33. The van der Waals surface area contributed by atoms with Gasteiger partial charge in [0.05, 0.1) is 45.7 Å². The van der Waals surface area contributed by atoms with Crippen LogP contribution in [0.15, 0.2) is 176 Å². The second kappa shape index (κ2) is 26.4. The van der Waals surface area contributed by atoms with E-state index < -0.39 is 11.9 Å². The van der Waals surface area contributed by atoms with Gasteiger partial charge in [0.1, 0.15) is 59.2 Å². The summed E-state index contributed by atoms with van der Waals surface area (Å²) in [6.07, 6.45) is 0.820. The minimum absolute atomic E-state index is 0.0497. The number of methoxy groups -OCH3 is 4. The second-order valence-corrected chi connectivity index (χ2v) is 17.5. The monoisotopic (exact) mass is 1010 g/mol. The quantitative estimate of drug-likeness (QED) is 0.0234. The minimum atomic E-state index is -0.516. The van der Waals surface area contributed by atoms with Crippen LogP contribution in [0.2, 0.25) is 0 Å². The molecule has 0 aromatic heterocycles. The zero-order valence-electron chi connectivity index (χ0n) is 42.8. The third-order valence-corrected chi connectivity index (χ3v) is 12.2. The predicted octanol–water partition coefficient (Wildman–Crippen LogP) is 12.4. The number of hydrogen-bond acceptors (Lipinski definition) is 12. The fraction of sp³-hybridized carbons (Fsp3) is 0.206. The summed E-state index contributed by atoms with van der Waals surface area (Å²) in [5.41, 5.74) is 8.16. The molecule has 12 nitrogen and oxygen atoms in total. The van der Waals surface area contributed by atoms with Crippen molar-refractivity contribution in [2.75, 3.05) is 48.4 Å². The normalized spacial score (nSPS) is 10.8. The van der Waals surface area contributed by atoms with E-state index in [9.17, 15) is 9.59 Å². The highest BCUT2D eigenvalue weighted by Crippen LogP contribution is 2.41. The van der Waals surface area contributed by atoms with Crippen LogP contribution in [0, 0.1) is 6.92 Å². The van der Waals surface area contributed by atoms with Gasteiger partial charge < -0.3 is 47.4 Å². The van der Waals surface area contributed by atoms with Crippen molar-refractivity contribution < 1.29 is 57.0 Å². The molecule has 8 rings (SSSR count). The molecule has 75 heavy (non-hydrogen) atoms. The second-order valence-electron chi connectivity index (χ2n) is 17.5. The molecule has 384 valence electrons. The first-order valence-electron chi connectivity index (χ1n) is 24.5. The molecule has 8 aromatic rings. The molecule has 0 aliphatic carbocycles. The molecule has 0 aliphatic rings. The highest BCUT2D eigenvalue weighted by molar-refractivity contribution is 5.91. The largest absolute Gasteiger partial charge is 0.496 e. The Balaban J connectivity index is 1.21. The molecular weight excluding hydrogens is 949 g/mol. The fourth-order valence-electron chi connectivity index (χ4n) is 8.74. The van der Waals surface area contributed by atoms with Gasteiger partial charge in [-0.15, -0.1) is 0 Å². The van der Waals surface area contributed by atoms with Crippen molar-refractivity contribution in [3.8, 4) is 46.0 Å². The van der Waals surface area contributed by atoms with E-state index >= 15 is 0 Å². The molecule has 0 bridgehead atoms. The Morgan fingerprint density at radius 1 is 0.400 bits per heavy atom. The maximum atomic E-state index is 13.8. The summed E-state index contributed by atoms with van der Waals surface area (Å²) >= 11 is 0. The first kappa shape index (κ1) is 52.7. The van der Waals surface area contributed by atoms with Gasteiger partial charge in [0.25, 0.3) is 0 Å². The smallest absolute Gasteiger partial charge is 0.343 e. The molecule has 0 amide bonds. The van der Waals surface area contributed by atoms with Crippen LogP contribution in [-0.4, -0.2) is 60.4 Å². The van der Waals surface area contributed by atoms with Crippen molar-refractivity contribution in [1.82, 2.24) is 0 Å². The third-order valence-electron chi connectivity index (χ3n) is 12.2. The lowest BCUT2D eigenvalue weighted by Crippen LogP contribution is -2.11. The van der Waals surface area contributed by atoms with Crippen LogP contribution in [0.5, 0.6) is 46.0 Å². The van der Waals surface area contributed by atoms with Gasteiger partial charge in [0.15, 0.2) is 6.79 Å². The highest BCUT2D eigenvalue weighted by Gasteiger charge is 2.23. The Morgan fingerprint density at radius 2 is 0.813 bits per heavy atom. The van der Waals surface area contributed by atoms with Crippen molar-refractivity contribution in [2.45, 2.75) is 39.4 Å². The molecular formula is C63H60O12. The Bertz CT molecular complexity index is 3140. The van der Waals surface area contributed by atoms with E-state index in [-0.39, 0.29) is 26.2 Å². The van der Waals surface area contributed by atoms with E-state index in [1.807, 2.05) is 116 Å². The zero-order chi connectivity index (χ0) is 52.4. The van der Waals surface area contributed by atoms with E-state index in [1.165, 1.54) is 0 Å². The minimum Gasteiger partial charge on any atom is -0.496 e. The summed E-state index contributed by atoms with van der Waals surface area (Å²) in [6, 6.07) is 54.2. The zero-order valence-corrected chi connectivity index (χ0v) is 42.8. The molecule has 0 saturated carbocycles. The number of esters is 2. The van der Waals surface area contributed by atoms with Crippen molar-refractivity contribution in [3.05, 3.63) is 237 Å². The first-order chi connectivity index (χ1) is 36.7. The number of rotatable bonds is 25. The van der Waals surface area contributed by atoms with Crippen molar-refractivity contribution in [1.29, 1.82) is 0 Å². The van der Waals surface area contributed by atoms with Gasteiger partial charge in [-0.3, -0.25) is 0 Å². The van der Waals surface area contributed by atoms with E-state index in [0.717, 1.165) is 38.9 Å². The third kappa shape index (κ3) is 14.3. The maximum absolute atomic E-state index is 13.8. The number of carbonyl (C=O) groups excluding carboxylic acids is 2. The molecule has 0 aliphatic heterocycles. The lowest BCUT2D eigenvalue weighted by molar-refractivity contribution is -0.00885. The number of hydrogen-bond donors (Lipinski definition) is 0. The van der Waals surface area contributed by atoms with E-state index in [0.29, 0.717) is 94.5 Å². The lowest BCUT2D eigenvalue weighted by atomic mass is 9.93. The van der Waals surface area contributed by atoms with Crippen LogP contribution in [0.3, 0.4) is 0 Å².